The van der Waals surface area contributed by atoms with Crippen LogP contribution in [-0.4, -0.2) is 28.7 Å². The Kier molecular flexibility index (Phi) is 4.46. The molecular formula is C9H16O2S2. The number of carbonyl (C=O) groups is 1. The molecule has 1 aliphatic heterocycles. The second-order valence-corrected chi connectivity index (χ2v) is 6.33. The van der Waals surface area contributed by atoms with Crippen molar-refractivity contribution in [2.24, 2.45) is 0 Å². The Morgan fingerprint density at radius 2 is 2.08 bits per heavy atom. The Morgan fingerprint density at radius 1 is 1.46 bits per heavy atom. The predicted molar refractivity (Wildman–Crippen MR) is 59.2 cm³/mol. The van der Waals surface area contributed by atoms with Crippen LogP contribution < -0.4 is 0 Å². The van der Waals surface area contributed by atoms with E-state index in [0.717, 1.165) is 12.8 Å². The molecule has 1 saturated heterocycles. The van der Waals surface area contributed by atoms with Gasteiger partial charge in [0.05, 0.1) is 17.6 Å². The Hall–Kier alpha value is 0.170. The van der Waals surface area contributed by atoms with E-state index < -0.39 is 0 Å². The molecule has 76 valence electrons. The number of rotatable bonds is 4. The fraction of sp³-hybridized carbons (Fsp3) is 0.889. The fourth-order valence-corrected chi connectivity index (χ4v) is 4.89. The molecule has 4 heteroatoms. The normalized spacial score (nSPS) is 20.2. The lowest BCUT2D eigenvalue weighted by Gasteiger charge is -2.25. The highest BCUT2D eigenvalue weighted by molar-refractivity contribution is 8.21. The van der Waals surface area contributed by atoms with Gasteiger partial charge in [0.25, 0.3) is 0 Å². The van der Waals surface area contributed by atoms with Gasteiger partial charge in [0, 0.05) is 11.5 Å². The summed E-state index contributed by atoms with van der Waals surface area (Å²) in [7, 11) is 1.46. The molecule has 13 heavy (non-hydrogen) atoms. The van der Waals surface area contributed by atoms with Crippen molar-refractivity contribution < 1.29 is 9.53 Å². The Balaban J connectivity index is 2.51. The molecule has 2 nitrogen and oxygen atoms in total. The van der Waals surface area contributed by atoms with E-state index in [1.54, 1.807) is 0 Å². The molecule has 0 amide bonds. The van der Waals surface area contributed by atoms with Crippen molar-refractivity contribution in [2.75, 3.05) is 18.6 Å². The van der Waals surface area contributed by atoms with Crippen molar-refractivity contribution in [1.29, 1.82) is 0 Å². The van der Waals surface area contributed by atoms with E-state index in [9.17, 15) is 4.79 Å². The molecule has 1 rings (SSSR count). The molecule has 0 aromatic rings. The summed E-state index contributed by atoms with van der Waals surface area (Å²) in [4.78, 5) is 11.2. The minimum absolute atomic E-state index is 0.0737. The summed E-state index contributed by atoms with van der Waals surface area (Å²) in [6.07, 6.45) is 2.81. The van der Waals surface area contributed by atoms with E-state index in [1.807, 2.05) is 23.5 Å². The third kappa shape index (κ3) is 3.09. The largest absolute Gasteiger partial charge is 0.469 e. The maximum absolute atomic E-state index is 11.2. The van der Waals surface area contributed by atoms with Crippen LogP contribution in [0.25, 0.3) is 0 Å². The standard InChI is InChI=1S/C9H16O2S2/c1-3-4-9(7-8(10)11-2)12-5-6-13-9/h3-7H2,1-2H3. The molecule has 1 heterocycles. The highest BCUT2D eigenvalue weighted by Gasteiger charge is 2.37. The molecule has 0 aromatic heterocycles. The van der Waals surface area contributed by atoms with Crippen LogP contribution in [0.5, 0.6) is 0 Å². The topological polar surface area (TPSA) is 26.3 Å². The van der Waals surface area contributed by atoms with Crippen molar-refractivity contribution in [3.8, 4) is 0 Å². The third-order valence-electron chi connectivity index (χ3n) is 2.09. The van der Waals surface area contributed by atoms with E-state index in [-0.39, 0.29) is 10.0 Å². The zero-order chi connectivity index (χ0) is 9.73. The molecule has 0 aromatic carbocycles. The van der Waals surface area contributed by atoms with Gasteiger partial charge in [-0.15, -0.1) is 23.5 Å². The number of ether oxygens (including phenoxy) is 1. The zero-order valence-corrected chi connectivity index (χ0v) is 9.80. The van der Waals surface area contributed by atoms with Crippen LogP contribution in [-0.2, 0) is 9.53 Å². The average Bonchev–Trinajstić information content (AvgIpc) is 2.54. The minimum atomic E-state index is -0.0737. The summed E-state index contributed by atoms with van der Waals surface area (Å²) in [6, 6.07) is 0. The predicted octanol–water partition coefficient (Wildman–Crippen LogP) is 2.53. The van der Waals surface area contributed by atoms with Crippen LogP contribution in [0.3, 0.4) is 0 Å². The Morgan fingerprint density at radius 3 is 2.54 bits per heavy atom. The van der Waals surface area contributed by atoms with Gasteiger partial charge in [0.2, 0.25) is 0 Å². The van der Waals surface area contributed by atoms with Crippen molar-refractivity contribution >= 4 is 29.5 Å². The first-order chi connectivity index (χ1) is 6.22. The second-order valence-electron chi connectivity index (χ2n) is 3.11. The maximum Gasteiger partial charge on any atom is 0.307 e. The molecule has 0 saturated carbocycles. The van der Waals surface area contributed by atoms with Gasteiger partial charge in [-0.1, -0.05) is 13.3 Å². The Bertz CT molecular complexity index is 176. The summed E-state index contributed by atoms with van der Waals surface area (Å²) < 4.78 is 4.84. The smallest absolute Gasteiger partial charge is 0.307 e. The van der Waals surface area contributed by atoms with Gasteiger partial charge >= 0.3 is 5.97 Å². The summed E-state index contributed by atoms with van der Waals surface area (Å²) in [5.74, 6) is 2.26. The van der Waals surface area contributed by atoms with E-state index >= 15 is 0 Å². The monoisotopic (exact) mass is 220 g/mol. The molecule has 0 unspecified atom stereocenters. The van der Waals surface area contributed by atoms with Crippen molar-refractivity contribution in [3.05, 3.63) is 0 Å². The van der Waals surface area contributed by atoms with Crippen LogP contribution >= 0.6 is 23.5 Å². The summed E-state index contributed by atoms with van der Waals surface area (Å²) >= 11 is 3.84. The van der Waals surface area contributed by atoms with E-state index in [4.69, 9.17) is 4.74 Å². The van der Waals surface area contributed by atoms with Crippen LogP contribution in [0.2, 0.25) is 0 Å². The van der Waals surface area contributed by atoms with Crippen molar-refractivity contribution in [3.63, 3.8) is 0 Å². The van der Waals surface area contributed by atoms with E-state index in [0.29, 0.717) is 6.42 Å². The molecule has 1 fully saturated rings. The number of hydrogen-bond acceptors (Lipinski definition) is 4. The zero-order valence-electron chi connectivity index (χ0n) is 8.17. The lowest BCUT2D eigenvalue weighted by atomic mass is 10.2. The second kappa shape index (κ2) is 5.15. The van der Waals surface area contributed by atoms with Gasteiger partial charge in [-0.05, 0) is 6.42 Å². The van der Waals surface area contributed by atoms with Crippen LogP contribution in [0.15, 0.2) is 0 Å². The van der Waals surface area contributed by atoms with E-state index in [1.165, 1.54) is 18.6 Å². The van der Waals surface area contributed by atoms with Gasteiger partial charge in [-0.2, -0.15) is 0 Å². The molecule has 0 N–H and O–H groups in total. The highest BCUT2D eigenvalue weighted by Crippen LogP contribution is 2.49. The SMILES string of the molecule is CCCC1(CC(=O)OC)SCCS1. The molecular weight excluding hydrogens is 204 g/mol. The lowest BCUT2D eigenvalue weighted by Crippen LogP contribution is -2.22. The van der Waals surface area contributed by atoms with Gasteiger partial charge in [-0.25, -0.2) is 0 Å². The van der Waals surface area contributed by atoms with Crippen molar-refractivity contribution in [2.45, 2.75) is 30.3 Å². The summed E-state index contributed by atoms with van der Waals surface area (Å²) in [6.45, 7) is 2.17. The molecule has 0 bridgehead atoms. The third-order valence-corrected chi connectivity index (χ3v) is 5.62. The van der Waals surface area contributed by atoms with Gasteiger partial charge in [-0.3, -0.25) is 4.79 Å². The molecule has 0 radical (unpaired) electrons. The molecule has 0 aliphatic carbocycles. The molecule has 1 aliphatic rings. The number of methoxy groups -OCH3 is 1. The number of carbonyl (C=O) groups excluding carboxylic acids is 1. The summed E-state index contributed by atoms with van der Waals surface area (Å²) in [5, 5.41) is 0. The fourth-order valence-electron chi connectivity index (χ4n) is 1.50. The molecule has 0 atom stereocenters. The first-order valence-corrected chi connectivity index (χ1v) is 6.54. The average molecular weight is 220 g/mol. The first kappa shape index (κ1) is 11.2. The Labute approximate surface area is 88.2 Å². The minimum Gasteiger partial charge on any atom is -0.469 e. The summed E-state index contributed by atoms with van der Waals surface area (Å²) in [5.41, 5.74) is 0. The van der Waals surface area contributed by atoms with Crippen LogP contribution in [0, 0.1) is 0 Å². The maximum atomic E-state index is 11.2. The first-order valence-electron chi connectivity index (χ1n) is 4.57. The van der Waals surface area contributed by atoms with Gasteiger partial charge in [0.1, 0.15) is 0 Å². The highest BCUT2D eigenvalue weighted by atomic mass is 32.2. The van der Waals surface area contributed by atoms with Crippen LogP contribution in [0.1, 0.15) is 26.2 Å². The van der Waals surface area contributed by atoms with Crippen molar-refractivity contribution in [1.82, 2.24) is 0 Å². The van der Waals surface area contributed by atoms with Gasteiger partial charge in [0.15, 0.2) is 0 Å². The number of thioether (sulfide) groups is 2. The van der Waals surface area contributed by atoms with Gasteiger partial charge < -0.3 is 4.74 Å². The lowest BCUT2D eigenvalue weighted by molar-refractivity contribution is -0.140. The quantitative estimate of drug-likeness (QED) is 0.680. The van der Waals surface area contributed by atoms with Crippen LogP contribution in [0.4, 0.5) is 0 Å². The number of esters is 1. The number of hydrogen-bond donors (Lipinski definition) is 0. The molecule has 0 spiro atoms. The van der Waals surface area contributed by atoms with E-state index in [2.05, 4.69) is 6.92 Å².